The third kappa shape index (κ3) is 4.26. The average molecular weight is 405 g/mol. The van der Waals surface area contributed by atoms with Crippen molar-refractivity contribution in [3.8, 4) is 5.69 Å². The van der Waals surface area contributed by atoms with Crippen molar-refractivity contribution in [2.45, 2.75) is 13.0 Å². The summed E-state index contributed by atoms with van der Waals surface area (Å²) in [5.74, 6) is -0.782. The van der Waals surface area contributed by atoms with Gasteiger partial charge in [0.15, 0.2) is 0 Å². The first kappa shape index (κ1) is 19.8. The van der Waals surface area contributed by atoms with Crippen molar-refractivity contribution >= 4 is 11.9 Å². The fourth-order valence-electron chi connectivity index (χ4n) is 3.39. The molecule has 0 aliphatic carbocycles. The van der Waals surface area contributed by atoms with Crippen LogP contribution in [0.2, 0.25) is 0 Å². The minimum Gasteiger partial charge on any atom is -0.444 e. The van der Waals surface area contributed by atoms with Gasteiger partial charge in [-0.05, 0) is 37.3 Å². The topological polar surface area (TPSA) is 73.7 Å². The van der Waals surface area contributed by atoms with Crippen LogP contribution in [0.1, 0.15) is 27.7 Å². The van der Waals surface area contributed by atoms with Gasteiger partial charge in [0.05, 0.1) is 24.5 Å². The number of benzene rings is 2. The number of hydrogen-bond donors (Lipinski definition) is 0. The number of nitrogens with zero attached hydrogens (tertiary/aromatic N) is 3. The Morgan fingerprint density at radius 1 is 1.00 bits per heavy atom. The van der Waals surface area contributed by atoms with Crippen LogP contribution in [0.3, 0.4) is 0 Å². The molecule has 30 heavy (non-hydrogen) atoms. The van der Waals surface area contributed by atoms with Gasteiger partial charge in [0, 0.05) is 30.5 Å². The highest BCUT2D eigenvalue weighted by atomic mass is 16.5. The molecule has 1 aliphatic rings. The van der Waals surface area contributed by atoms with E-state index in [-0.39, 0.29) is 5.91 Å². The Bertz CT molecular complexity index is 1010. The molecule has 1 saturated heterocycles. The van der Waals surface area contributed by atoms with E-state index in [1.807, 2.05) is 31.2 Å². The average Bonchev–Trinajstić information content (AvgIpc) is 3.24. The largest absolute Gasteiger partial charge is 0.444 e. The summed E-state index contributed by atoms with van der Waals surface area (Å²) in [5.41, 5.74) is 2.86. The zero-order valence-corrected chi connectivity index (χ0v) is 16.7. The molecule has 0 radical (unpaired) electrons. The summed E-state index contributed by atoms with van der Waals surface area (Å²) in [6.45, 7) is 3.89. The molecule has 4 rings (SSSR count). The lowest BCUT2D eigenvalue weighted by atomic mass is 10.1. The Morgan fingerprint density at radius 3 is 2.33 bits per heavy atom. The van der Waals surface area contributed by atoms with Crippen LogP contribution in [0.15, 0.2) is 66.9 Å². The third-order valence-electron chi connectivity index (χ3n) is 5.05. The number of aromatic nitrogens is 2. The Morgan fingerprint density at radius 2 is 1.70 bits per heavy atom. The first-order chi connectivity index (χ1) is 14.6. The predicted molar refractivity (Wildman–Crippen MR) is 110 cm³/mol. The summed E-state index contributed by atoms with van der Waals surface area (Å²) in [5, 5.41) is 4.26. The molecule has 0 saturated carbocycles. The molecule has 1 amide bonds. The molecule has 1 aliphatic heterocycles. The molecule has 2 aromatic carbocycles. The summed E-state index contributed by atoms with van der Waals surface area (Å²) in [4.78, 5) is 27.6. The van der Waals surface area contributed by atoms with E-state index in [2.05, 4.69) is 5.10 Å². The van der Waals surface area contributed by atoms with Crippen molar-refractivity contribution in [3.63, 3.8) is 0 Å². The SMILES string of the molecule is Cc1ccnn1-c1ccc(C(=O)O[C@H](C(=O)N2CCOCC2)c2ccccc2)cc1. The number of hydrogen-bond acceptors (Lipinski definition) is 5. The highest BCUT2D eigenvalue weighted by Crippen LogP contribution is 2.23. The number of ether oxygens (including phenoxy) is 2. The van der Waals surface area contributed by atoms with Gasteiger partial charge in [-0.25, -0.2) is 9.48 Å². The molecule has 1 atom stereocenters. The maximum Gasteiger partial charge on any atom is 0.339 e. The second-order valence-corrected chi connectivity index (χ2v) is 7.06. The minimum absolute atomic E-state index is 0.235. The van der Waals surface area contributed by atoms with Crippen LogP contribution in [-0.2, 0) is 14.3 Å². The van der Waals surface area contributed by atoms with Crippen molar-refractivity contribution in [2.24, 2.45) is 0 Å². The summed E-state index contributed by atoms with van der Waals surface area (Å²) < 4.78 is 12.8. The van der Waals surface area contributed by atoms with Crippen LogP contribution >= 0.6 is 0 Å². The second-order valence-electron chi connectivity index (χ2n) is 7.06. The van der Waals surface area contributed by atoms with E-state index in [9.17, 15) is 9.59 Å². The molecule has 0 spiro atoms. The van der Waals surface area contributed by atoms with Crippen molar-refractivity contribution in [1.82, 2.24) is 14.7 Å². The number of rotatable bonds is 5. The molecular weight excluding hydrogens is 382 g/mol. The summed E-state index contributed by atoms with van der Waals surface area (Å²) in [6, 6.07) is 18.0. The Balaban J connectivity index is 1.54. The van der Waals surface area contributed by atoms with Gasteiger partial charge in [0.25, 0.3) is 5.91 Å². The van der Waals surface area contributed by atoms with E-state index >= 15 is 0 Å². The molecule has 0 bridgehead atoms. The van der Waals surface area contributed by atoms with Gasteiger partial charge in [0.1, 0.15) is 0 Å². The van der Waals surface area contributed by atoms with Gasteiger partial charge >= 0.3 is 5.97 Å². The Kier molecular flexibility index (Phi) is 5.90. The van der Waals surface area contributed by atoms with E-state index < -0.39 is 12.1 Å². The van der Waals surface area contributed by atoms with E-state index in [1.54, 1.807) is 52.2 Å². The van der Waals surface area contributed by atoms with E-state index in [1.165, 1.54) is 0 Å². The first-order valence-corrected chi connectivity index (χ1v) is 9.87. The van der Waals surface area contributed by atoms with Gasteiger partial charge in [0.2, 0.25) is 6.10 Å². The summed E-state index contributed by atoms with van der Waals surface area (Å²) in [7, 11) is 0. The van der Waals surface area contributed by atoms with E-state index in [4.69, 9.17) is 9.47 Å². The molecule has 0 unspecified atom stereocenters. The first-order valence-electron chi connectivity index (χ1n) is 9.87. The Labute approximate surface area is 174 Å². The van der Waals surface area contributed by atoms with Crippen LogP contribution < -0.4 is 0 Å². The molecule has 7 heteroatoms. The molecule has 154 valence electrons. The smallest absolute Gasteiger partial charge is 0.339 e. The van der Waals surface area contributed by atoms with Gasteiger partial charge in [-0.3, -0.25) is 4.79 Å². The lowest BCUT2D eigenvalue weighted by Gasteiger charge is -2.30. The van der Waals surface area contributed by atoms with Crippen LogP contribution in [0.5, 0.6) is 0 Å². The van der Waals surface area contributed by atoms with Crippen molar-refractivity contribution in [3.05, 3.63) is 83.7 Å². The van der Waals surface area contributed by atoms with Gasteiger partial charge in [-0.2, -0.15) is 5.10 Å². The van der Waals surface area contributed by atoms with Crippen molar-refractivity contribution in [2.75, 3.05) is 26.3 Å². The molecule has 7 nitrogen and oxygen atoms in total. The number of carbonyl (C=O) groups is 2. The second kappa shape index (κ2) is 8.92. The molecular formula is C23H23N3O4. The highest BCUT2D eigenvalue weighted by molar-refractivity contribution is 5.93. The number of morpholine rings is 1. The van der Waals surface area contributed by atoms with Gasteiger partial charge in [-0.1, -0.05) is 30.3 Å². The maximum absolute atomic E-state index is 13.1. The van der Waals surface area contributed by atoms with Crippen LogP contribution in [-0.4, -0.2) is 52.9 Å². The van der Waals surface area contributed by atoms with E-state index in [0.29, 0.717) is 37.4 Å². The minimum atomic E-state index is -0.996. The molecule has 3 aromatic rings. The van der Waals surface area contributed by atoms with Crippen molar-refractivity contribution in [1.29, 1.82) is 0 Å². The molecule has 1 fully saturated rings. The quantitative estimate of drug-likeness (QED) is 0.610. The van der Waals surface area contributed by atoms with Crippen molar-refractivity contribution < 1.29 is 19.1 Å². The lowest BCUT2D eigenvalue weighted by molar-refractivity contribution is -0.145. The van der Waals surface area contributed by atoms with E-state index in [0.717, 1.165) is 11.4 Å². The fraction of sp³-hybridized carbons (Fsp3) is 0.261. The molecule has 2 heterocycles. The van der Waals surface area contributed by atoms with Crippen LogP contribution in [0, 0.1) is 6.92 Å². The van der Waals surface area contributed by atoms with Crippen LogP contribution in [0.25, 0.3) is 5.69 Å². The molecule has 1 aromatic heterocycles. The van der Waals surface area contributed by atoms with Gasteiger partial charge in [-0.15, -0.1) is 0 Å². The standard InChI is InChI=1S/C23H23N3O4/c1-17-11-12-24-26(17)20-9-7-19(8-10-20)23(28)30-21(18-5-3-2-4-6-18)22(27)25-13-15-29-16-14-25/h2-12,21H,13-16H2,1H3/t21-/m0/s1. The zero-order valence-electron chi connectivity index (χ0n) is 16.7. The number of aryl methyl sites for hydroxylation is 1. The lowest BCUT2D eigenvalue weighted by Crippen LogP contribution is -2.44. The normalized spacial score (nSPS) is 14.9. The maximum atomic E-state index is 13.1. The zero-order chi connectivity index (χ0) is 20.9. The molecule has 0 N–H and O–H groups in total. The van der Waals surface area contributed by atoms with Gasteiger partial charge < -0.3 is 14.4 Å². The van der Waals surface area contributed by atoms with Crippen LogP contribution in [0.4, 0.5) is 0 Å². The highest BCUT2D eigenvalue weighted by Gasteiger charge is 2.30. The number of amides is 1. The fourth-order valence-corrected chi connectivity index (χ4v) is 3.39. The summed E-state index contributed by atoms with van der Waals surface area (Å²) >= 11 is 0. The monoisotopic (exact) mass is 405 g/mol. The Hall–Kier alpha value is -3.45. The number of carbonyl (C=O) groups excluding carboxylic acids is 2. The number of esters is 1. The predicted octanol–water partition coefficient (Wildman–Crippen LogP) is 2.94. The third-order valence-corrected chi connectivity index (χ3v) is 5.05. The summed E-state index contributed by atoms with van der Waals surface area (Å²) in [6.07, 6.45) is 0.726.